The second-order valence-corrected chi connectivity index (χ2v) is 21.5. The fourth-order valence-electron chi connectivity index (χ4n) is 3.21. The van der Waals surface area contributed by atoms with Crippen molar-refractivity contribution in [2.75, 3.05) is 0 Å². The second-order valence-electron chi connectivity index (χ2n) is 12.0. The molecule has 8 nitrogen and oxygen atoms in total. The van der Waals surface area contributed by atoms with Crippen LogP contribution in [0.1, 0.15) is 81.6 Å². The number of carboxylic acids is 1. The number of carbonyl (C=O) groups is 3. The van der Waals surface area contributed by atoms with Gasteiger partial charge in [0.25, 0.3) is 0 Å². The molecule has 0 aliphatic carbocycles. The maximum absolute atomic E-state index is 12.5. The molecule has 34 heavy (non-hydrogen) atoms. The average molecular weight is 523 g/mol. The van der Waals surface area contributed by atoms with Crippen LogP contribution in [0.2, 0.25) is 35.3 Å². The lowest BCUT2D eigenvalue weighted by atomic mass is 10.2. The summed E-state index contributed by atoms with van der Waals surface area (Å²) in [6.45, 7) is 21.5. The van der Waals surface area contributed by atoms with Gasteiger partial charge in [0.15, 0.2) is 16.6 Å². The van der Waals surface area contributed by atoms with Crippen molar-refractivity contribution in [2.45, 2.75) is 135 Å². The maximum atomic E-state index is 12.5. The zero-order chi connectivity index (χ0) is 27.7. The normalized spacial score (nSPS) is 18.4. The predicted molar refractivity (Wildman–Crippen MR) is 140 cm³/mol. The van der Waals surface area contributed by atoms with Crippen LogP contribution >= 0.6 is 0 Å². The van der Waals surface area contributed by atoms with Crippen molar-refractivity contribution in [3.05, 3.63) is 0 Å². The summed E-state index contributed by atoms with van der Waals surface area (Å²) in [5, 5.41) is 35.1. The first kappa shape index (κ1) is 35.2. The Bertz CT molecular complexity index is 619. The third kappa shape index (κ3) is 13.8. The molecule has 0 aliphatic rings. The molecule has 0 rings (SSSR count). The van der Waals surface area contributed by atoms with Crippen LogP contribution in [0.3, 0.4) is 0 Å². The first-order valence-electron chi connectivity index (χ1n) is 12.0. The van der Waals surface area contributed by atoms with Gasteiger partial charge in [0.05, 0.1) is 24.7 Å². The van der Waals surface area contributed by atoms with Crippen LogP contribution in [0.5, 0.6) is 0 Å². The number of carbonyl (C=O) groups excluding carboxylic acids is 2. The molecule has 202 valence electrons. The minimum absolute atomic E-state index is 0.0228. The molecule has 0 aromatic carbocycles. The van der Waals surface area contributed by atoms with Gasteiger partial charge in [-0.15, -0.1) is 0 Å². The van der Waals surface area contributed by atoms with Gasteiger partial charge in [0.2, 0.25) is 0 Å². The number of Topliss-reactive ketones (excluding diaryl/α,β-unsaturated/α-hetero) is 2. The van der Waals surface area contributed by atoms with Crippen LogP contribution in [0, 0.1) is 0 Å². The van der Waals surface area contributed by atoms with E-state index in [0.29, 0.717) is 12.1 Å². The fraction of sp³-hybridized carbons (Fsp3) is 0.875. The Morgan fingerprint density at radius 3 is 1.09 bits per heavy atom. The van der Waals surface area contributed by atoms with Gasteiger partial charge in [-0.2, -0.15) is 0 Å². The molecule has 0 heterocycles. The molecule has 5 atom stereocenters. The van der Waals surface area contributed by atoms with E-state index in [1.54, 1.807) is 13.8 Å². The lowest BCUT2D eigenvalue weighted by Gasteiger charge is -2.50. The molecule has 0 saturated heterocycles. The Morgan fingerprint density at radius 1 is 0.676 bits per heavy atom. The van der Waals surface area contributed by atoms with Crippen molar-refractivity contribution < 1.29 is 38.9 Å². The van der Waals surface area contributed by atoms with Crippen LogP contribution < -0.4 is 0 Å². The van der Waals surface area contributed by atoms with E-state index >= 15 is 0 Å². The monoisotopic (exact) mass is 522 g/mol. The number of hydrogen-bond acceptors (Lipinski definition) is 7. The molecule has 0 aromatic rings. The zero-order valence-electron chi connectivity index (χ0n) is 23.2. The van der Waals surface area contributed by atoms with E-state index in [-0.39, 0.29) is 40.9 Å². The fourth-order valence-corrected chi connectivity index (χ4v) is 13.1. The minimum Gasteiger partial charge on any atom is -0.481 e. The third-order valence-electron chi connectivity index (χ3n) is 6.21. The van der Waals surface area contributed by atoms with Crippen LogP contribution in [-0.2, 0) is 18.5 Å². The Kier molecular flexibility index (Phi) is 14.5. The molecule has 0 saturated carbocycles. The number of carboxylic acid groups (broad SMARTS) is 1. The summed E-state index contributed by atoms with van der Waals surface area (Å²) in [5.74, 6) is -0.917. The summed E-state index contributed by atoms with van der Waals surface area (Å²) < 4.78 is 6.93. The van der Waals surface area contributed by atoms with Gasteiger partial charge < -0.3 is 24.5 Å². The third-order valence-corrected chi connectivity index (χ3v) is 18.3. The molecule has 10 heteroatoms. The Hall–Kier alpha value is -0.916. The molecule has 0 spiro atoms. The molecule has 0 aliphatic heterocycles. The molecule has 4 N–H and O–H groups in total. The van der Waals surface area contributed by atoms with Crippen LogP contribution in [0.4, 0.5) is 0 Å². The van der Waals surface area contributed by atoms with E-state index in [2.05, 4.69) is 54.6 Å². The van der Waals surface area contributed by atoms with Gasteiger partial charge in [0, 0.05) is 24.9 Å². The number of ketones is 2. The standard InChI is InChI=1S/C20H42O5Si2.C4H8O3/c1-15(21)11-17(23)13-26(9,19(3,4)5)25-27(10,20(6,7)8)14-18(24)12-16(2)22;1-3(5)2-4(6)7/h15-16,21-22H,11-14H2,1-10H3;3,5H,2H2,1H3,(H,6,7). The predicted octanol–water partition coefficient (Wildman–Crippen LogP) is 4.28. The number of hydrogen-bond donors (Lipinski definition) is 4. The SMILES string of the molecule is CC(O)CC(=O)C[Si](C)(O[Si](C)(CC(=O)CC(C)O)C(C)(C)C)C(C)(C)C.CC(O)CC(=O)O. The molecular formula is C24H50O8Si2. The molecule has 5 unspecified atom stereocenters. The summed E-state index contributed by atoms with van der Waals surface area (Å²) in [4.78, 5) is 34.7. The Labute approximate surface area is 208 Å². The summed E-state index contributed by atoms with van der Waals surface area (Å²) in [5.41, 5.74) is 0. The van der Waals surface area contributed by atoms with Crippen molar-refractivity contribution in [3.63, 3.8) is 0 Å². The quantitative estimate of drug-likeness (QED) is 0.278. The summed E-state index contributed by atoms with van der Waals surface area (Å²) in [7, 11) is -5.09. The summed E-state index contributed by atoms with van der Waals surface area (Å²) in [6, 6.07) is 0.676. The first-order chi connectivity index (χ1) is 15.0. The average Bonchev–Trinajstić information content (AvgIpc) is 2.49. The first-order valence-corrected chi connectivity index (χ1v) is 17.2. The zero-order valence-corrected chi connectivity index (χ0v) is 25.2. The van der Waals surface area contributed by atoms with Crippen molar-refractivity contribution in [1.29, 1.82) is 0 Å². The van der Waals surface area contributed by atoms with Gasteiger partial charge in [-0.1, -0.05) is 41.5 Å². The number of aliphatic hydroxyl groups excluding tert-OH is 3. The van der Waals surface area contributed by atoms with Gasteiger partial charge in [-0.3, -0.25) is 14.4 Å². The van der Waals surface area contributed by atoms with Crippen LogP contribution in [0.15, 0.2) is 0 Å². The molecule has 0 amide bonds. The number of aliphatic carboxylic acids is 1. The van der Waals surface area contributed by atoms with E-state index in [0.717, 1.165) is 0 Å². The smallest absolute Gasteiger partial charge is 0.305 e. The van der Waals surface area contributed by atoms with Crippen molar-refractivity contribution in [3.8, 4) is 0 Å². The van der Waals surface area contributed by atoms with Crippen LogP contribution in [-0.4, -0.2) is 72.9 Å². The van der Waals surface area contributed by atoms with E-state index in [1.165, 1.54) is 6.92 Å². The largest absolute Gasteiger partial charge is 0.481 e. The number of rotatable bonds is 12. The van der Waals surface area contributed by atoms with Crippen molar-refractivity contribution >= 4 is 34.2 Å². The highest BCUT2D eigenvalue weighted by molar-refractivity contribution is 6.91. The Morgan fingerprint density at radius 2 is 0.941 bits per heavy atom. The van der Waals surface area contributed by atoms with Crippen molar-refractivity contribution in [2.24, 2.45) is 0 Å². The maximum Gasteiger partial charge on any atom is 0.305 e. The van der Waals surface area contributed by atoms with Gasteiger partial charge in [-0.25, -0.2) is 0 Å². The Balaban J connectivity index is 0. The van der Waals surface area contributed by atoms with Gasteiger partial charge in [-0.05, 0) is 43.9 Å². The lowest BCUT2D eigenvalue weighted by Crippen LogP contribution is -2.58. The molecule has 0 radical (unpaired) electrons. The molecule has 0 fully saturated rings. The van der Waals surface area contributed by atoms with Crippen LogP contribution in [0.25, 0.3) is 0 Å². The highest BCUT2D eigenvalue weighted by Gasteiger charge is 2.53. The molecule has 0 bridgehead atoms. The van der Waals surface area contributed by atoms with Gasteiger partial charge >= 0.3 is 5.97 Å². The van der Waals surface area contributed by atoms with E-state index < -0.39 is 40.9 Å². The second kappa shape index (κ2) is 14.0. The lowest BCUT2D eigenvalue weighted by molar-refractivity contribution is -0.139. The molecule has 0 aromatic heterocycles. The summed E-state index contributed by atoms with van der Waals surface area (Å²) >= 11 is 0. The topological polar surface area (TPSA) is 141 Å². The van der Waals surface area contributed by atoms with Crippen molar-refractivity contribution in [1.82, 2.24) is 0 Å². The molecular weight excluding hydrogens is 472 g/mol. The highest BCUT2D eigenvalue weighted by Crippen LogP contribution is 2.48. The number of aliphatic hydroxyl groups is 3. The highest BCUT2D eigenvalue weighted by atomic mass is 28.4. The van der Waals surface area contributed by atoms with Gasteiger partial charge in [0.1, 0.15) is 11.6 Å². The minimum atomic E-state index is -2.55. The van der Waals surface area contributed by atoms with E-state index in [9.17, 15) is 24.6 Å². The summed E-state index contributed by atoms with van der Waals surface area (Å²) in [6.07, 6.45) is -1.94. The van der Waals surface area contributed by atoms with E-state index in [1.807, 2.05) is 0 Å². The van der Waals surface area contributed by atoms with E-state index in [4.69, 9.17) is 14.3 Å².